The highest BCUT2D eigenvalue weighted by Crippen LogP contribution is 2.34. The van der Waals surface area contributed by atoms with E-state index in [0.29, 0.717) is 49.5 Å². The first-order valence-corrected chi connectivity index (χ1v) is 15.1. The van der Waals surface area contributed by atoms with Crippen LogP contribution in [0.4, 0.5) is 0 Å². The number of rotatable bonds is 13. The van der Waals surface area contributed by atoms with Crippen LogP contribution in [0.5, 0.6) is 5.75 Å². The van der Waals surface area contributed by atoms with E-state index in [1.54, 1.807) is 0 Å². The number of benzene rings is 1. The molecule has 7 heteroatoms. The van der Waals surface area contributed by atoms with E-state index in [0.717, 1.165) is 76.2 Å². The number of nitrogens with zero attached hydrogens (tertiary/aromatic N) is 1. The van der Waals surface area contributed by atoms with E-state index in [4.69, 9.17) is 9.47 Å². The number of unbranched alkanes of at least 4 members (excludes halogenated alkanes) is 2. The Morgan fingerprint density at radius 3 is 2.67 bits per heavy atom. The molecule has 0 aromatic heterocycles. The molecule has 2 aliphatic heterocycles. The Morgan fingerprint density at radius 1 is 1.15 bits per heavy atom. The molecule has 1 aliphatic carbocycles. The summed E-state index contributed by atoms with van der Waals surface area (Å²) in [5.41, 5.74) is 0.672. The molecule has 2 saturated heterocycles. The van der Waals surface area contributed by atoms with E-state index >= 15 is 0 Å². The van der Waals surface area contributed by atoms with Crippen molar-refractivity contribution in [3.8, 4) is 5.75 Å². The average molecular weight is 540 g/mol. The molecule has 2 N–H and O–H groups in total. The van der Waals surface area contributed by atoms with Crippen LogP contribution in [0.3, 0.4) is 0 Å². The lowest BCUT2D eigenvalue weighted by Crippen LogP contribution is -2.42. The summed E-state index contributed by atoms with van der Waals surface area (Å²) in [7, 11) is 0. The van der Waals surface area contributed by atoms with Crippen LogP contribution in [0.15, 0.2) is 48.3 Å². The Morgan fingerprint density at radius 2 is 1.97 bits per heavy atom. The molecule has 1 aromatic carbocycles. The zero-order chi connectivity index (χ0) is 27.9. The zero-order valence-corrected chi connectivity index (χ0v) is 24.3. The van der Waals surface area contributed by atoms with Crippen molar-refractivity contribution in [2.75, 3.05) is 45.9 Å². The van der Waals surface area contributed by atoms with E-state index in [2.05, 4.69) is 35.8 Å². The van der Waals surface area contributed by atoms with Gasteiger partial charge in [-0.15, -0.1) is 0 Å². The Hall–Kier alpha value is -2.80. The van der Waals surface area contributed by atoms with Crippen LogP contribution >= 0.6 is 0 Å². The second-order valence-corrected chi connectivity index (χ2v) is 10.4. The van der Waals surface area contributed by atoms with Gasteiger partial charge in [0, 0.05) is 37.5 Å². The summed E-state index contributed by atoms with van der Waals surface area (Å²) in [4.78, 5) is 26.0. The maximum Gasteiger partial charge on any atom is 0.251 e. The SMILES string of the molecule is CC.CCCCCNC(=O)c1ccc(OCC2CNCC[C@H]2C2C=CC(OCCN3CCCC3=O)=CC2)cc1. The number of allylic oxidation sites excluding steroid dienone is 3. The fourth-order valence-electron chi connectivity index (χ4n) is 5.53. The molecule has 0 bridgehead atoms. The van der Waals surface area contributed by atoms with Crippen LogP contribution in [0.2, 0.25) is 0 Å². The van der Waals surface area contributed by atoms with Crippen LogP contribution in [0, 0.1) is 17.8 Å². The highest BCUT2D eigenvalue weighted by atomic mass is 16.5. The summed E-state index contributed by atoms with van der Waals surface area (Å²) >= 11 is 0. The number of hydrogen-bond acceptors (Lipinski definition) is 5. The number of hydrogen-bond donors (Lipinski definition) is 2. The van der Waals surface area contributed by atoms with Gasteiger partial charge >= 0.3 is 0 Å². The Balaban J connectivity index is 0.00000205. The van der Waals surface area contributed by atoms with Crippen molar-refractivity contribution in [1.29, 1.82) is 0 Å². The van der Waals surface area contributed by atoms with Crippen molar-refractivity contribution in [2.24, 2.45) is 17.8 Å². The standard InChI is InChI=1S/C30H43N3O4.C2H6/c1-2-3-4-16-32-30(35)24-9-13-27(14-10-24)37-22-25-21-31-17-15-28(25)23-7-11-26(12-8-23)36-20-19-33-18-5-6-29(33)34;1-2/h7,9-14,23,25,28,31H,2-6,8,15-22H2,1H3,(H,32,35);1-2H3/t23?,25?,28-;/m0./s1. The molecule has 2 amide bonds. The Labute approximate surface area is 235 Å². The molecule has 4 rings (SSSR count). The molecule has 3 atom stereocenters. The van der Waals surface area contributed by atoms with Crippen molar-refractivity contribution < 1.29 is 19.1 Å². The molecule has 2 heterocycles. The smallest absolute Gasteiger partial charge is 0.251 e. The molecule has 2 unspecified atom stereocenters. The van der Waals surface area contributed by atoms with Gasteiger partial charge in [-0.3, -0.25) is 9.59 Å². The lowest BCUT2D eigenvalue weighted by atomic mass is 9.75. The van der Waals surface area contributed by atoms with E-state index in [9.17, 15) is 9.59 Å². The molecule has 1 aromatic rings. The normalized spacial score (nSPS) is 22.5. The third kappa shape index (κ3) is 9.71. The second-order valence-electron chi connectivity index (χ2n) is 10.4. The van der Waals surface area contributed by atoms with Crippen molar-refractivity contribution in [3.63, 3.8) is 0 Å². The highest BCUT2D eigenvalue weighted by molar-refractivity contribution is 5.94. The summed E-state index contributed by atoms with van der Waals surface area (Å²) in [5.74, 6) is 3.38. The average Bonchev–Trinajstić information content (AvgIpc) is 3.40. The molecule has 0 spiro atoms. The predicted molar refractivity (Wildman–Crippen MR) is 157 cm³/mol. The Bertz CT molecular complexity index is 943. The number of nitrogens with one attached hydrogen (secondary N) is 2. The number of likely N-dealkylation sites (tertiary alicyclic amines) is 1. The summed E-state index contributed by atoms with van der Waals surface area (Å²) in [5, 5.41) is 6.51. The zero-order valence-electron chi connectivity index (χ0n) is 24.3. The first kappa shape index (κ1) is 30.7. The molecule has 0 radical (unpaired) electrons. The lowest BCUT2D eigenvalue weighted by Gasteiger charge is -2.37. The van der Waals surface area contributed by atoms with Gasteiger partial charge in [-0.05, 0) is 80.5 Å². The van der Waals surface area contributed by atoms with Crippen LogP contribution in [0.1, 0.15) is 76.1 Å². The van der Waals surface area contributed by atoms with E-state index in [-0.39, 0.29) is 11.8 Å². The molecule has 7 nitrogen and oxygen atoms in total. The summed E-state index contributed by atoms with van der Waals surface area (Å²) in [6.45, 7) is 11.6. The molecular weight excluding hydrogens is 490 g/mol. The van der Waals surface area contributed by atoms with Crippen LogP contribution < -0.4 is 15.4 Å². The minimum Gasteiger partial charge on any atom is -0.493 e. The number of amides is 2. The van der Waals surface area contributed by atoms with E-state index in [1.807, 2.05) is 43.0 Å². The summed E-state index contributed by atoms with van der Waals surface area (Å²) in [6, 6.07) is 7.48. The molecule has 39 heavy (non-hydrogen) atoms. The fraction of sp³-hybridized carbons (Fsp3) is 0.625. The predicted octanol–water partition coefficient (Wildman–Crippen LogP) is 5.34. The number of carbonyl (C=O) groups excluding carboxylic acids is 2. The fourth-order valence-corrected chi connectivity index (χ4v) is 5.53. The van der Waals surface area contributed by atoms with Crippen molar-refractivity contribution in [2.45, 2.75) is 65.7 Å². The van der Waals surface area contributed by atoms with Crippen LogP contribution in [-0.4, -0.2) is 62.7 Å². The quantitative estimate of drug-likeness (QED) is 0.331. The van der Waals surface area contributed by atoms with Crippen molar-refractivity contribution >= 4 is 11.8 Å². The molecule has 2 fully saturated rings. The lowest BCUT2D eigenvalue weighted by molar-refractivity contribution is -0.128. The molecule has 216 valence electrons. The van der Waals surface area contributed by atoms with Gasteiger partial charge in [-0.1, -0.05) is 39.7 Å². The topological polar surface area (TPSA) is 79.9 Å². The molecule has 3 aliphatic rings. The van der Waals surface area contributed by atoms with Gasteiger partial charge in [0.15, 0.2) is 0 Å². The van der Waals surface area contributed by atoms with Gasteiger partial charge in [-0.2, -0.15) is 0 Å². The first-order chi connectivity index (χ1) is 19.1. The monoisotopic (exact) mass is 539 g/mol. The maximum atomic E-state index is 12.3. The van der Waals surface area contributed by atoms with Gasteiger partial charge in [-0.25, -0.2) is 0 Å². The summed E-state index contributed by atoms with van der Waals surface area (Å²) in [6.07, 6.45) is 13.6. The second kappa shape index (κ2) is 17.0. The van der Waals surface area contributed by atoms with Gasteiger partial charge in [0.05, 0.1) is 13.2 Å². The number of piperidine rings is 1. The van der Waals surface area contributed by atoms with Gasteiger partial charge < -0.3 is 25.0 Å². The molecular formula is C32H49N3O4. The third-order valence-corrected chi connectivity index (χ3v) is 7.76. The third-order valence-electron chi connectivity index (χ3n) is 7.76. The van der Waals surface area contributed by atoms with Gasteiger partial charge in [0.1, 0.15) is 18.1 Å². The number of ether oxygens (including phenoxy) is 2. The van der Waals surface area contributed by atoms with Crippen molar-refractivity contribution in [3.05, 3.63) is 53.8 Å². The van der Waals surface area contributed by atoms with Gasteiger partial charge in [0.25, 0.3) is 5.91 Å². The van der Waals surface area contributed by atoms with E-state index < -0.39 is 0 Å². The summed E-state index contributed by atoms with van der Waals surface area (Å²) < 4.78 is 12.1. The highest BCUT2D eigenvalue weighted by Gasteiger charge is 2.31. The minimum absolute atomic E-state index is 0.0239. The van der Waals surface area contributed by atoms with Crippen molar-refractivity contribution in [1.82, 2.24) is 15.5 Å². The van der Waals surface area contributed by atoms with E-state index in [1.165, 1.54) is 0 Å². The first-order valence-electron chi connectivity index (χ1n) is 15.1. The van der Waals surface area contributed by atoms with Crippen LogP contribution in [-0.2, 0) is 9.53 Å². The number of carbonyl (C=O) groups is 2. The minimum atomic E-state index is -0.0239. The Kier molecular flexibility index (Phi) is 13.4. The van der Waals surface area contributed by atoms with Crippen LogP contribution in [0.25, 0.3) is 0 Å². The molecule has 0 saturated carbocycles. The largest absolute Gasteiger partial charge is 0.493 e. The maximum absolute atomic E-state index is 12.3. The van der Waals surface area contributed by atoms with Gasteiger partial charge in [0.2, 0.25) is 5.91 Å².